The largest absolute Gasteiger partial charge is 0.394 e. The van der Waals surface area contributed by atoms with Gasteiger partial charge in [0, 0.05) is 5.92 Å². The zero-order valence-electron chi connectivity index (χ0n) is 40.6. The molecule has 21 rings (SSSR count). The van der Waals surface area contributed by atoms with E-state index in [9.17, 15) is 107 Å². The molecular formula is C43H72O34. The summed E-state index contributed by atoms with van der Waals surface area (Å²) >= 11 is 0. The molecule has 21 aliphatic rings. The van der Waals surface area contributed by atoms with Crippen LogP contribution in [0.15, 0.2) is 0 Å². The molecule has 21 heterocycles. The van der Waals surface area contributed by atoms with Gasteiger partial charge in [0.25, 0.3) is 0 Å². The van der Waals surface area contributed by atoms with Crippen molar-refractivity contribution in [2.24, 2.45) is 5.92 Å². The van der Waals surface area contributed by atoms with Crippen LogP contribution in [0.2, 0.25) is 0 Å². The second-order valence-electron chi connectivity index (χ2n) is 20.1. The smallest absolute Gasteiger partial charge is 0.187 e. The standard InChI is InChI=1S/C43H72O34/c44-2-11-9-1-10-19(52)20(53)32(12(3-45)65-10)72-39-27(60)22(55)34(14(5-47)67-39)74-41-29(62)24(57)36(16(7-49)69-41)76-43-31(64)25(58)37(17(8-50)71-43)77-42-30(63)23(56)35(15(6-48)70-42)75-40-28(61)21(54)33(13(4-46)68-40)73-38(66-11)26(59)18(9)51/h9-64H,1-8H2/t9-,10-,11?,12?,13?,14?,15?,16?,17?,18+,19?,20-,21-,22-,23-,24-,25-,26?,27?,28?,29?,30?,31?,32-,33-,34-,35-,36-,37-,38+,39-,40+,41-,42+,43-/m1/s1. The van der Waals surface area contributed by atoms with Crippen LogP contribution in [-0.4, -0.2) is 362 Å². The van der Waals surface area contributed by atoms with E-state index in [0.717, 1.165) is 0 Å². The van der Waals surface area contributed by atoms with Crippen molar-refractivity contribution >= 4 is 0 Å². The molecule has 14 unspecified atom stereocenters. The molecule has 35 atom stereocenters. The van der Waals surface area contributed by atoms with E-state index in [4.69, 9.17) is 61.6 Å². The summed E-state index contributed by atoms with van der Waals surface area (Å²) in [6.07, 6.45) is -66.8. The zero-order valence-corrected chi connectivity index (χ0v) is 40.6. The van der Waals surface area contributed by atoms with Crippen LogP contribution in [0.4, 0.5) is 0 Å². The Balaban J connectivity index is 1.08. The lowest BCUT2D eigenvalue weighted by Crippen LogP contribution is -2.68. The molecular weight excluding hydrogens is 1060 g/mol. The number of hydrogen-bond acceptors (Lipinski definition) is 34. The predicted octanol–water partition coefficient (Wildman–Crippen LogP) is -14.6. The van der Waals surface area contributed by atoms with Gasteiger partial charge in [-0.05, 0) is 6.42 Å². The normalized spacial score (nSPS) is 55.4. The monoisotopic (exact) mass is 1130 g/mol. The fraction of sp³-hybridized carbons (Fsp3) is 1.00. The Hall–Kier alpha value is -1.36. The van der Waals surface area contributed by atoms with Gasteiger partial charge in [0.05, 0.1) is 64.6 Å². The summed E-state index contributed by atoms with van der Waals surface area (Å²) in [6.45, 7) is -7.05. The Kier molecular flexibility index (Phi) is 20.9. The highest BCUT2D eigenvalue weighted by atomic mass is 16.8. The number of rotatable bonds is 7. The molecule has 0 saturated carbocycles. The maximum absolute atomic E-state index is 11.4. The number of aliphatic hydroxyl groups excluding tert-OH is 21. The average Bonchev–Trinajstić information content (AvgIpc) is 3.47. The van der Waals surface area contributed by atoms with Crippen molar-refractivity contribution in [3.63, 3.8) is 0 Å². The van der Waals surface area contributed by atoms with Crippen LogP contribution in [0, 0.1) is 5.92 Å². The van der Waals surface area contributed by atoms with Crippen molar-refractivity contribution < 1.29 is 169 Å². The first kappa shape index (κ1) is 61.7. The molecule has 448 valence electrons. The van der Waals surface area contributed by atoms with Crippen molar-refractivity contribution in [3.05, 3.63) is 0 Å². The van der Waals surface area contributed by atoms with Gasteiger partial charge in [0.2, 0.25) is 0 Å². The molecule has 0 aliphatic carbocycles. The molecule has 34 heteroatoms. The molecule has 0 spiro atoms. The topological polar surface area (TPSA) is 545 Å². The van der Waals surface area contributed by atoms with Crippen molar-refractivity contribution in [2.75, 3.05) is 46.2 Å². The molecule has 21 aliphatic heterocycles. The molecule has 0 aromatic rings. The maximum Gasteiger partial charge on any atom is 0.187 e. The molecule has 0 aromatic heterocycles. The Morgan fingerprint density at radius 2 is 0.403 bits per heavy atom. The SMILES string of the molecule is OCC1O[C@H]2O[C@@H]3C(CO)O[C@@H](O[C@@H]4C(CO)O[C@@H](O[C@@H]5C(CO)O[C@H](O[C@@H]6C(CO)O[C@H](O[C@@H]7C(CO)O[C@H](O[C@@H]8C(CO)O[C@H](C[C@H]1[C@H](O)C2O)C(O)[C@H]8O)C(O)[C@H]7O)C(O)[C@H]6O)C(O)[C@H]5O)C(O)[C@H]4O)C(O)[C@H]3O. The van der Waals surface area contributed by atoms with E-state index in [-0.39, 0.29) is 0 Å². The molecule has 0 aromatic carbocycles. The Morgan fingerprint density at radius 1 is 0.208 bits per heavy atom. The highest BCUT2D eigenvalue weighted by Gasteiger charge is 2.59. The van der Waals surface area contributed by atoms with E-state index in [0.29, 0.717) is 0 Å². The van der Waals surface area contributed by atoms with Crippen LogP contribution in [0.25, 0.3) is 0 Å². The van der Waals surface area contributed by atoms with Crippen LogP contribution < -0.4 is 0 Å². The Bertz CT molecular complexity index is 1470. The summed E-state index contributed by atoms with van der Waals surface area (Å²) in [6, 6.07) is 0. The van der Waals surface area contributed by atoms with Gasteiger partial charge < -0.3 is 169 Å². The molecule has 0 amide bonds. The second kappa shape index (κ2) is 26.1. The molecule has 21 N–H and O–H groups in total. The Labute approximate surface area is 435 Å². The van der Waals surface area contributed by atoms with Crippen molar-refractivity contribution in [1.29, 1.82) is 0 Å². The first-order chi connectivity index (χ1) is 36.7. The van der Waals surface area contributed by atoms with Gasteiger partial charge in [-0.1, -0.05) is 0 Å². The van der Waals surface area contributed by atoms with E-state index >= 15 is 0 Å². The van der Waals surface area contributed by atoms with Crippen molar-refractivity contribution in [1.82, 2.24) is 0 Å². The summed E-state index contributed by atoms with van der Waals surface area (Å²) < 4.78 is 74.3. The van der Waals surface area contributed by atoms with Gasteiger partial charge in [0.15, 0.2) is 37.7 Å². The van der Waals surface area contributed by atoms with Gasteiger partial charge in [-0.2, -0.15) is 0 Å². The molecule has 21 fully saturated rings. The number of aliphatic hydroxyl groups is 21. The lowest BCUT2D eigenvalue weighted by molar-refractivity contribution is -0.396. The van der Waals surface area contributed by atoms with E-state index < -0.39 is 267 Å². The summed E-state index contributed by atoms with van der Waals surface area (Å²) in [7, 11) is 0. The van der Waals surface area contributed by atoms with E-state index in [1.165, 1.54) is 0 Å². The van der Waals surface area contributed by atoms with E-state index in [1.54, 1.807) is 0 Å². The molecule has 77 heavy (non-hydrogen) atoms. The molecule has 34 nitrogen and oxygen atoms in total. The minimum atomic E-state index is -2.20. The first-order valence-corrected chi connectivity index (χ1v) is 25.0. The van der Waals surface area contributed by atoms with Crippen LogP contribution in [0.5, 0.6) is 0 Å². The van der Waals surface area contributed by atoms with E-state index in [2.05, 4.69) is 0 Å². The minimum absolute atomic E-state index is 0.542. The number of hydrogen-bond donors (Lipinski definition) is 21. The van der Waals surface area contributed by atoms with Crippen LogP contribution in [0.1, 0.15) is 6.42 Å². The van der Waals surface area contributed by atoms with Gasteiger partial charge >= 0.3 is 0 Å². The van der Waals surface area contributed by atoms with E-state index in [1.807, 2.05) is 0 Å². The lowest BCUT2D eigenvalue weighted by atomic mass is 9.81. The van der Waals surface area contributed by atoms with Crippen LogP contribution in [0.3, 0.4) is 0 Å². The fourth-order valence-electron chi connectivity index (χ4n) is 11.0. The predicted molar refractivity (Wildman–Crippen MR) is 232 cm³/mol. The quantitative estimate of drug-likeness (QED) is 0.113. The highest BCUT2D eigenvalue weighted by molar-refractivity contribution is 5.02. The summed E-state index contributed by atoms with van der Waals surface area (Å²) in [5.41, 5.74) is 0. The third kappa shape index (κ3) is 12.1. The fourth-order valence-corrected chi connectivity index (χ4v) is 11.0. The summed E-state index contributed by atoms with van der Waals surface area (Å²) in [5.74, 6) is -1.38. The van der Waals surface area contributed by atoms with Gasteiger partial charge in [-0.15, -0.1) is 0 Å². The molecule has 0 radical (unpaired) electrons. The second-order valence-corrected chi connectivity index (χ2v) is 20.1. The van der Waals surface area contributed by atoms with Crippen LogP contribution >= 0.6 is 0 Å². The lowest BCUT2D eigenvalue weighted by Gasteiger charge is -2.50. The minimum Gasteiger partial charge on any atom is -0.394 e. The summed E-state index contributed by atoms with van der Waals surface area (Å²) in [4.78, 5) is 0. The first-order valence-electron chi connectivity index (χ1n) is 25.0. The molecule has 21 saturated heterocycles. The van der Waals surface area contributed by atoms with Gasteiger partial charge in [-0.25, -0.2) is 0 Å². The summed E-state index contributed by atoms with van der Waals surface area (Å²) in [5, 5.41) is 231. The van der Waals surface area contributed by atoms with Gasteiger partial charge in [0.1, 0.15) is 153 Å². The number of ether oxygens (including phenoxy) is 13. The maximum atomic E-state index is 11.4. The Morgan fingerprint density at radius 3 is 0.636 bits per heavy atom. The van der Waals surface area contributed by atoms with Gasteiger partial charge in [-0.3, -0.25) is 0 Å². The van der Waals surface area contributed by atoms with Crippen molar-refractivity contribution in [3.8, 4) is 0 Å². The average molecular weight is 1130 g/mol. The highest BCUT2D eigenvalue weighted by Crippen LogP contribution is 2.40. The van der Waals surface area contributed by atoms with Crippen LogP contribution in [-0.2, 0) is 61.6 Å². The third-order valence-electron chi connectivity index (χ3n) is 15.4. The molecule has 14 bridgehead atoms. The van der Waals surface area contributed by atoms with Crippen molar-refractivity contribution in [2.45, 2.75) is 215 Å². The zero-order chi connectivity index (χ0) is 56.1. The third-order valence-corrected chi connectivity index (χ3v) is 15.4.